The lowest BCUT2D eigenvalue weighted by molar-refractivity contribution is 0.0976. The number of amides is 1. The zero-order chi connectivity index (χ0) is 13.7. The SMILES string of the molecule is CC(C)NC(=S)NC(=O)c1ccc(C(C)C)cc1. The van der Waals surface area contributed by atoms with Crippen molar-refractivity contribution >= 4 is 23.2 Å². The zero-order valence-corrected chi connectivity index (χ0v) is 12.1. The van der Waals surface area contributed by atoms with E-state index < -0.39 is 0 Å². The van der Waals surface area contributed by atoms with E-state index in [-0.39, 0.29) is 11.9 Å². The lowest BCUT2D eigenvalue weighted by Gasteiger charge is -2.12. The van der Waals surface area contributed by atoms with Crippen LogP contribution in [0.25, 0.3) is 0 Å². The lowest BCUT2D eigenvalue weighted by Crippen LogP contribution is -2.42. The van der Waals surface area contributed by atoms with Crippen LogP contribution in [-0.4, -0.2) is 17.1 Å². The van der Waals surface area contributed by atoms with Crippen LogP contribution in [-0.2, 0) is 0 Å². The van der Waals surface area contributed by atoms with Crippen molar-refractivity contribution in [2.24, 2.45) is 0 Å². The summed E-state index contributed by atoms with van der Waals surface area (Å²) in [6.07, 6.45) is 0. The van der Waals surface area contributed by atoms with Gasteiger partial charge in [0.2, 0.25) is 0 Å². The summed E-state index contributed by atoms with van der Waals surface area (Å²) in [6, 6.07) is 7.79. The summed E-state index contributed by atoms with van der Waals surface area (Å²) < 4.78 is 0. The first-order chi connectivity index (χ1) is 8.40. The highest BCUT2D eigenvalue weighted by atomic mass is 32.1. The number of carbonyl (C=O) groups excluding carboxylic acids is 1. The largest absolute Gasteiger partial charge is 0.360 e. The molecule has 0 aliphatic heterocycles. The Balaban J connectivity index is 2.64. The van der Waals surface area contributed by atoms with Crippen LogP contribution < -0.4 is 10.6 Å². The van der Waals surface area contributed by atoms with E-state index in [0.717, 1.165) is 0 Å². The van der Waals surface area contributed by atoms with Crippen LogP contribution in [0.4, 0.5) is 0 Å². The van der Waals surface area contributed by atoms with Gasteiger partial charge in [0.1, 0.15) is 0 Å². The highest BCUT2D eigenvalue weighted by Gasteiger charge is 2.08. The predicted molar refractivity (Wildman–Crippen MR) is 78.9 cm³/mol. The summed E-state index contributed by atoms with van der Waals surface area (Å²) in [6.45, 7) is 8.18. The fourth-order valence-corrected chi connectivity index (χ4v) is 1.82. The van der Waals surface area contributed by atoms with E-state index in [0.29, 0.717) is 16.6 Å². The number of hydrogen-bond acceptors (Lipinski definition) is 2. The summed E-state index contributed by atoms with van der Waals surface area (Å²) >= 11 is 5.03. The van der Waals surface area contributed by atoms with Gasteiger partial charge in [-0.2, -0.15) is 0 Å². The number of hydrogen-bond donors (Lipinski definition) is 2. The van der Waals surface area contributed by atoms with Crippen molar-refractivity contribution in [2.75, 3.05) is 0 Å². The summed E-state index contributed by atoms with van der Waals surface area (Å²) in [4.78, 5) is 11.9. The van der Waals surface area contributed by atoms with Gasteiger partial charge in [-0.3, -0.25) is 10.1 Å². The minimum atomic E-state index is -0.177. The molecule has 0 radical (unpaired) electrons. The first-order valence-corrected chi connectivity index (χ1v) is 6.52. The molecule has 0 fully saturated rings. The fourth-order valence-electron chi connectivity index (χ4n) is 1.49. The third kappa shape index (κ3) is 4.45. The Bertz CT molecular complexity index is 424. The predicted octanol–water partition coefficient (Wildman–Crippen LogP) is 2.82. The quantitative estimate of drug-likeness (QED) is 0.825. The molecule has 98 valence electrons. The van der Waals surface area contributed by atoms with E-state index in [2.05, 4.69) is 24.5 Å². The molecule has 0 saturated heterocycles. The topological polar surface area (TPSA) is 41.1 Å². The third-order valence-corrected chi connectivity index (χ3v) is 2.71. The fraction of sp³-hybridized carbons (Fsp3) is 0.429. The molecule has 1 aromatic rings. The van der Waals surface area contributed by atoms with Crippen LogP contribution in [0.15, 0.2) is 24.3 Å². The van der Waals surface area contributed by atoms with Gasteiger partial charge in [-0.05, 0) is 49.7 Å². The van der Waals surface area contributed by atoms with Crippen molar-refractivity contribution < 1.29 is 4.79 Å². The van der Waals surface area contributed by atoms with Crippen molar-refractivity contribution in [3.05, 3.63) is 35.4 Å². The van der Waals surface area contributed by atoms with Gasteiger partial charge < -0.3 is 5.32 Å². The van der Waals surface area contributed by atoms with Crippen molar-refractivity contribution in [3.8, 4) is 0 Å². The highest BCUT2D eigenvalue weighted by molar-refractivity contribution is 7.80. The Morgan fingerprint density at radius 1 is 1.11 bits per heavy atom. The van der Waals surface area contributed by atoms with Crippen LogP contribution >= 0.6 is 12.2 Å². The molecule has 0 spiro atoms. The van der Waals surface area contributed by atoms with E-state index in [1.165, 1.54) is 5.56 Å². The van der Waals surface area contributed by atoms with Gasteiger partial charge in [0.15, 0.2) is 5.11 Å². The first-order valence-electron chi connectivity index (χ1n) is 6.12. The standard InChI is InChI=1S/C14H20N2OS/c1-9(2)11-5-7-12(8-6-11)13(17)16-14(18)15-10(3)4/h5-10H,1-4H3,(H2,15,16,17,18). The van der Waals surface area contributed by atoms with Gasteiger partial charge in [-0.1, -0.05) is 26.0 Å². The second-order valence-electron chi connectivity index (χ2n) is 4.86. The number of benzene rings is 1. The third-order valence-electron chi connectivity index (χ3n) is 2.49. The van der Waals surface area contributed by atoms with E-state index in [1.807, 2.05) is 38.1 Å². The second-order valence-corrected chi connectivity index (χ2v) is 5.27. The summed E-state index contributed by atoms with van der Waals surface area (Å²) in [7, 11) is 0. The summed E-state index contributed by atoms with van der Waals surface area (Å²) in [5.41, 5.74) is 1.83. The molecule has 0 unspecified atom stereocenters. The molecule has 1 rings (SSSR count). The molecule has 18 heavy (non-hydrogen) atoms. The molecule has 0 aliphatic rings. The van der Waals surface area contributed by atoms with Gasteiger partial charge in [-0.25, -0.2) is 0 Å². The molecule has 1 aromatic carbocycles. The minimum Gasteiger partial charge on any atom is -0.360 e. The van der Waals surface area contributed by atoms with E-state index >= 15 is 0 Å². The van der Waals surface area contributed by atoms with Crippen molar-refractivity contribution in [3.63, 3.8) is 0 Å². The molecular weight excluding hydrogens is 244 g/mol. The van der Waals surface area contributed by atoms with Crippen molar-refractivity contribution in [2.45, 2.75) is 39.7 Å². The molecule has 3 nitrogen and oxygen atoms in total. The lowest BCUT2D eigenvalue weighted by atomic mass is 10.0. The van der Waals surface area contributed by atoms with Crippen LogP contribution in [0.2, 0.25) is 0 Å². The molecule has 0 aromatic heterocycles. The maximum absolute atomic E-state index is 11.9. The molecule has 0 atom stereocenters. The normalized spacial score (nSPS) is 10.6. The highest BCUT2D eigenvalue weighted by Crippen LogP contribution is 2.14. The van der Waals surface area contributed by atoms with Crippen molar-refractivity contribution in [1.29, 1.82) is 0 Å². The van der Waals surface area contributed by atoms with Gasteiger partial charge in [-0.15, -0.1) is 0 Å². The number of carbonyl (C=O) groups is 1. The molecule has 1 amide bonds. The Hall–Kier alpha value is -1.42. The Labute approximate surface area is 114 Å². The number of thiocarbonyl (C=S) groups is 1. The molecule has 0 aliphatic carbocycles. The molecule has 0 heterocycles. The summed E-state index contributed by atoms with van der Waals surface area (Å²) in [5.74, 6) is 0.286. The second kappa shape index (κ2) is 6.50. The Kier molecular flexibility index (Phi) is 5.28. The Morgan fingerprint density at radius 2 is 1.67 bits per heavy atom. The average Bonchev–Trinajstić information content (AvgIpc) is 2.27. The smallest absolute Gasteiger partial charge is 0.257 e. The number of nitrogens with one attached hydrogen (secondary N) is 2. The molecule has 0 saturated carbocycles. The van der Waals surface area contributed by atoms with E-state index in [4.69, 9.17) is 12.2 Å². The van der Waals surface area contributed by atoms with Crippen LogP contribution in [0.1, 0.15) is 49.5 Å². The van der Waals surface area contributed by atoms with Gasteiger partial charge in [0.25, 0.3) is 5.91 Å². The zero-order valence-electron chi connectivity index (χ0n) is 11.3. The minimum absolute atomic E-state index is 0.177. The van der Waals surface area contributed by atoms with Gasteiger partial charge in [0.05, 0.1) is 0 Å². The number of rotatable bonds is 3. The monoisotopic (exact) mass is 264 g/mol. The van der Waals surface area contributed by atoms with E-state index in [1.54, 1.807) is 0 Å². The van der Waals surface area contributed by atoms with Crippen molar-refractivity contribution in [1.82, 2.24) is 10.6 Å². The van der Waals surface area contributed by atoms with Crippen LogP contribution in [0.5, 0.6) is 0 Å². The first kappa shape index (κ1) is 14.6. The van der Waals surface area contributed by atoms with Gasteiger partial charge >= 0.3 is 0 Å². The average molecular weight is 264 g/mol. The molecule has 0 bridgehead atoms. The van der Waals surface area contributed by atoms with E-state index in [9.17, 15) is 4.79 Å². The Morgan fingerprint density at radius 3 is 2.11 bits per heavy atom. The molecular formula is C14H20N2OS. The molecule has 2 N–H and O–H groups in total. The van der Waals surface area contributed by atoms with Crippen LogP contribution in [0.3, 0.4) is 0 Å². The van der Waals surface area contributed by atoms with Crippen LogP contribution in [0, 0.1) is 0 Å². The maximum Gasteiger partial charge on any atom is 0.257 e. The van der Waals surface area contributed by atoms with Gasteiger partial charge in [0, 0.05) is 11.6 Å². The summed E-state index contributed by atoms with van der Waals surface area (Å²) in [5, 5.41) is 5.99. The molecule has 4 heteroatoms. The maximum atomic E-state index is 11.9.